The Morgan fingerprint density at radius 3 is 2.75 bits per heavy atom. The third-order valence-electron chi connectivity index (χ3n) is 6.26. The second kappa shape index (κ2) is 5.90. The van der Waals surface area contributed by atoms with Gasteiger partial charge in [0.25, 0.3) is 0 Å². The van der Waals surface area contributed by atoms with Crippen molar-refractivity contribution in [2.24, 2.45) is 17.3 Å². The average molecular weight is 371 g/mol. The number of nitriles is 1. The molecule has 1 saturated heterocycles. The molecule has 5 rings (SSSR count). The van der Waals surface area contributed by atoms with Crippen LogP contribution in [0.2, 0.25) is 0 Å². The first-order valence-electron chi connectivity index (χ1n) is 9.68. The Labute approximate surface area is 163 Å². The first kappa shape index (κ1) is 16.9. The summed E-state index contributed by atoms with van der Waals surface area (Å²) < 4.78 is 1.80. The van der Waals surface area contributed by atoms with E-state index in [4.69, 9.17) is 0 Å². The molecular formula is C22H21N5O. The monoisotopic (exact) mass is 371 g/mol. The predicted octanol–water partition coefficient (Wildman–Crippen LogP) is 3.61. The van der Waals surface area contributed by atoms with Crippen LogP contribution in [0, 0.1) is 35.5 Å². The van der Waals surface area contributed by atoms with Crippen LogP contribution in [-0.2, 0) is 4.79 Å². The lowest BCUT2D eigenvalue weighted by molar-refractivity contribution is -0.124. The standard InChI is InChI=1S/C22H21N5O/c1-14-11-26(21(28)22(14,13-23)18-5-6-18)19-7-8-25-27-12-17(9-20(19)27)16-4-3-15(2)24-10-16/h3-4,7-10,12,14,18H,5-6,11H2,1-2H3/t14-,22+/m1/s1. The number of anilines is 1. The maximum atomic E-state index is 13.4. The summed E-state index contributed by atoms with van der Waals surface area (Å²) in [4.78, 5) is 19.5. The molecule has 0 bridgehead atoms. The van der Waals surface area contributed by atoms with Crippen molar-refractivity contribution in [2.75, 3.05) is 11.4 Å². The minimum atomic E-state index is -0.878. The van der Waals surface area contributed by atoms with Crippen molar-refractivity contribution in [3.63, 3.8) is 0 Å². The fourth-order valence-corrected chi connectivity index (χ4v) is 4.53. The van der Waals surface area contributed by atoms with E-state index in [0.717, 1.165) is 40.9 Å². The third-order valence-corrected chi connectivity index (χ3v) is 6.26. The van der Waals surface area contributed by atoms with Crippen LogP contribution in [0.15, 0.2) is 42.9 Å². The smallest absolute Gasteiger partial charge is 0.248 e. The summed E-state index contributed by atoms with van der Waals surface area (Å²) in [5, 5.41) is 14.3. The number of hydrogen-bond donors (Lipinski definition) is 0. The van der Waals surface area contributed by atoms with Crippen molar-refractivity contribution >= 4 is 17.1 Å². The van der Waals surface area contributed by atoms with Gasteiger partial charge in [-0.3, -0.25) is 9.78 Å². The molecule has 0 unspecified atom stereocenters. The molecule has 1 aliphatic heterocycles. The summed E-state index contributed by atoms with van der Waals surface area (Å²) in [6.07, 6.45) is 7.45. The van der Waals surface area contributed by atoms with E-state index in [2.05, 4.69) is 16.2 Å². The van der Waals surface area contributed by atoms with Gasteiger partial charge in [0.15, 0.2) is 0 Å². The van der Waals surface area contributed by atoms with E-state index in [1.165, 1.54) is 0 Å². The number of pyridine rings is 1. The van der Waals surface area contributed by atoms with Crippen molar-refractivity contribution in [2.45, 2.75) is 26.7 Å². The van der Waals surface area contributed by atoms with Crippen LogP contribution in [0.4, 0.5) is 5.69 Å². The zero-order chi connectivity index (χ0) is 19.5. The fraction of sp³-hybridized carbons (Fsp3) is 0.364. The highest BCUT2D eigenvalue weighted by molar-refractivity contribution is 6.05. The molecule has 140 valence electrons. The van der Waals surface area contributed by atoms with Gasteiger partial charge in [-0.1, -0.05) is 13.0 Å². The highest BCUT2D eigenvalue weighted by Gasteiger charge is 2.61. The number of rotatable bonds is 3. The van der Waals surface area contributed by atoms with Gasteiger partial charge >= 0.3 is 0 Å². The second-order valence-electron chi connectivity index (χ2n) is 8.04. The number of hydrogen-bond acceptors (Lipinski definition) is 4. The summed E-state index contributed by atoms with van der Waals surface area (Å²) in [5.74, 6) is 0.156. The summed E-state index contributed by atoms with van der Waals surface area (Å²) in [6.45, 7) is 4.55. The molecular weight excluding hydrogens is 350 g/mol. The van der Waals surface area contributed by atoms with Crippen LogP contribution < -0.4 is 4.90 Å². The Balaban J connectivity index is 1.59. The molecule has 3 aromatic heterocycles. The number of amides is 1. The van der Waals surface area contributed by atoms with Gasteiger partial charge in [-0.15, -0.1) is 0 Å². The van der Waals surface area contributed by atoms with Crippen LogP contribution >= 0.6 is 0 Å². The second-order valence-corrected chi connectivity index (χ2v) is 8.04. The lowest BCUT2D eigenvalue weighted by Gasteiger charge is -2.23. The predicted molar refractivity (Wildman–Crippen MR) is 105 cm³/mol. The van der Waals surface area contributed by atoms with Gasteiger partial charge in [-0.05, 0) is 43.9 Å². The Hall–Kier alpha value is -3.20. The van der Waals surface area contributed by atoms with E-state index in [1.807, 2.05) is 50.5 Å². The summed E-state index contributed by atoms with van der Waals surface area (Å²) in [6, 6.07) is 10.3. The molecule has 0 radical (unpaired) electrons. The number of fused-ring (bicyclic) bond motifs is 1. The first-order chi connectivity index (χ1) is 13.5. The lowest BCUT2D eigenvalue weighted by atomic mass is 9.75. The number of aryl methyl sites for hydroxylation is 1. The third kappa shape index (κ3) is 2.29. The molecule has 6 heteroatoms. The molecule has 0 aromatic carbocycles. The Bertz CT molecular complexity index is 1120. The van der Waals surface area contributed by atoms with Crippen LogP contribution in [0.5, 0.6) is 0 Å². The van der Waals surface area contributed by atoms with Crippen molar-refractivity contribution in [1.29, 1.82) is 5.26 Å². The zero-order valence-electron chi connectivity index (χ0n) is 16.0. The Kier molecular flexibility index (Phi) is 3.57. The maximum Gasteiger partial charge on any atom is 0.248 e. The van der Waals surface area contributed by atoms with Gasteiger partial charge in [0.2, 0.25) is 5.91 Å². The van der Waals surface area contributed by atoms with Gasteiger partial charge < -0.3 is 4.90 Å². The molecule has 2 atom stereocenters. The van der Waals surface area contributed by atoms with Crippen LogP contribution in [0.25, 0.3) is 16.6 Å². The van der Waals surface area contributed by atoms with Crippen LogP contribution in [0.3, 0.4) is 0 Å². The van der Waals surface area contributed by atoms with Crippen LogP contribution in [-0.4, -0.2) is 27.0 Å². The summed E-state index contributed by atoms with van der Waals surface area (Å²) in [5.41, 5.74) is 3.78. The van der Waals surface area contributed by atoms with Gasteiger partial charge in [-0.25, -0.2) is 4.52 Å². The van der Waals surface area contributed by atoms with Crippen molar-refractivity contribution in [3.8, 4) is 17.2 Å². The fourth-order valence-electron chi connectivity index (χ4n) is 4.53. The van der Waals surface area contributed by atoms with E-state index < -0.39 is 5.41 Å². The van der Waals surface area contributed by atoms with Gasteiger partial charge in [0.05, 0.1) is 17.3 Å². The SMILES string of the molecule is Cc1ccc(-c2cc3c(N4C[C@@H](C)[C@@](C#N)(C5CC5)C4=O)ccnn3c2)cn1. The molecule has 1 aliphatic carbocycles. The molecule has 1 amide bonds. The molecule has 6 nitrogen and oxygen atoms in total. The van der Waals surface area contributed by atoms with E-state index in [-0.39, 0.29) is 17.7 Å². The average Bonchev–Trinajstić information content (AvgIpc) is 3.39. The van der Waals surface area contributed by atoms with Crippen molar-refractivity contribution in [3.05, 3.63) is 48.5 Å². The molecule has 0 N–H and O–H groups in total. The van der Waals surface area contributed by atoms with E-state index in [1.54, 1.807) is 15.6 Å². The number of carbonyl (C=O) groups excluding carboxylic acids is 1. The molecule has 1 saturated carbocycles. The van der Waals surface area contributed by atoms with E-state index in [9.17, 15) is 10.1 Å². The van der Waals surface area contributed by atoms with Crippen molar-refractivity contribution < 1.29 is 4.79 Å². The lowest BCUT2D eigenvalue weighted by Crippen LogP contribution is -2.37. The highest BCUT2D eigenvalue weighted by Crippen LogP contribution is 2.54. The van der Waals surface area contributed by atoms with Crippen LogP contribution in [0.1, 0.15) is 25.5 Å². The quantitative estimate of drug-likeness (QED) is 0.705. The van der Waals surface area contributed by atoms with Gasteiger partial charge in [0, 0.05) is 47.9 Å². The normalized spacial score (nSPS) is 24.7. The molecule has 28 heavy (non-hydrogen) atoms. The first-order valence-corrected chi connectivity index (χ1v) is 9.68. The molecule has 4 heterocycles. The topological polar surface area (TPSA) is 74.3 Å². The number of aromatic nitrogens is 3. The zero-order valence-corrected chi connectivity index (χ0v) is 16.0. The molecule has 2 fully saturated rings. The largest absolute Gasteiger partial charge is 0.309 e. The van der Waals surface area contributed by atoms with E-state index >= 15 is 0 Å². The number of nitrogens with zero attached hydrogens (tertiary/aromatic N) is 5. The van der Waals surface area contributed by atoms with Gasteiger partial charge in [0.1, 0.15) is 5.41 Å². The Morgan fingerprint density at radius 2 is 2.07 bits per heavy atom. The van der Waals surface area contributed by atoms with Gasteiger partial charge in [-0.2, -0.15) is 10.4 Å². The number of carbonyl (C=O) groups is 1. The molecule has 0 spiro atoms. The summed E-state index contributed by atoms with van der Waals surface area (Å²) in [7, 11) is 0. The summed E-state index contributed by atoms with van der Waals surface area (Å²) >= 11 is 0. The van der Waals surface area contributed by atoms with E-state index in [0.29, 0.717) is 6.54 Å². The maximum absolute atomic E-state index is 13.4. The minimum Gasteiger partial charge on any atom is -0.309 e. The van der Waals surface area contributed by atoms with Crippen molar-refractivity contribution in [1.82, 2.24) is 14.6 Å². The Morgan fingerprint density at radius 1 is 1.25 bits per heavy atom. The minimum absolute atomic E-state index is 0.0152. The molecule has 2 aliphatic rings. The highest BCUT2D eigenvalue weighted by atomic mass is 16.2. The molecule has 3 aromatic rings.